The SMILES string of the molecule is CNCCN(C)CC(=O)NC1CCCCC1C. The Balaban J connectivity index is 2.23. The summed E-state index contributed by atoms with van der Waals surface area (Å²) >= 11 is 0. The Morgan fingerprint density at radius 3 is 2.71 bits per heavy atom. The Morgan fingerprint density at radius 2 is 2.06 bits per heavy atom. The fraction of sp³-hybridized carbons (Fsp3) is 0.923. The molecule has 1 amide bonds. The molecule has 1 aliphatic rings. The second-order valence-corrected chi connectivity index (χ2v) is 5.28. The fourth-order valence-corrected chi connectivity index (χ4v) is 2.41. The van der Waals surface area contributed by atoms with E-state index in [1.54, 1.807) is 0 Å². The fourth-order valence-electron chi connectivity index (χ4n) is 2.41. The lowest BCUT2D eigenvalue weighted by molar-refractivity contribution is -0.123. The topological polar surface area (TPSA) is 44.4 Å². The molecule has 0 spiro atoms. The lowest BCUT2D eigenvalue weighted by atomic mass is 9.86. The van der Waals surface area contributed by atoms with Crippen LogP contribution in [0.15, 0.2) is 0 Å². The van der Waals surface area contributed by atoms with Gasteiger partial charge in [-0.05, 0) is 32.9 Å². The zero-order chi connectivity index (χ0) is 12.7. The van der Waals surface area contributed by atoms with Gasteiger partial charge < -0.3 is 10.6 Å². The molecule has 0 radical (unpaired) electrons. The van der Waals surface area contributed by atoms with E-state index in [9.17, 15) is 4.79 Å². The highest BCUT2D eigenvalue weighted by molar-refractivity contribution is 5.78. The number of rotatable bonds is 6. The van der Waals surface area contributed by atoms with Gasteiger partial charge in [0.1, 0.15) is 0 Å². The molecule has 1 saturated carbocycles. The molecule has 2 unspecified atom stereocenters. The van der Waals surface area contributed by atoms with Gasteiger partial charge in [0.25, 0.3) is 0 Å². The molecule has 0 aliphatic heterocycles. The normalized spacial score (nSPS) is 24.9. The first kappa shape index (κ1) is 14.5. The molecule has 4 heteroatoms. The van der Waals surface area contributed by atoms with E-state index < -0.39 is 0 Å². The van der Waals surface area contributed by atoms with Crippen LogP contribution in [0.3, 0.4) is 0 Å². The van der Waals surface area contributed by atoms with Gasteiger partial charge in [-0.3, -0.25) is 9.69 Å². The number of carbonyl (C=O) groups is 1. The van der Waals surface area contributed by atoms with Crippen molar-refractivity contribution < 1.29 is 4.79 Å². The second kappa shape index (κ2) is 7.67. The maximum atomic E-state index is 11.9. The van der Waals surface area contributed by atoms with Crippen molar-refractivity contribution in [1.82, 2.24) is 15.5 Å². The molecule has 0 aromatic carbocycles. The van der Waals surface area contributed by atoms with Crippen LogP contribution in [0.2, 0.25) is 0 Å². The van der Waals surface area contributed by atoms with Crippen LogP contribution in [0.25, 0.3) is 0 Å². The molecule has 1 rings (SSSR count). The highest BCUT2D eigenvalue weighted by Gasteiger charge is 2.22. The van der Waals surface area contributed by atoms with Gasteiger partial charge in [-0.15, -0.1) is 0 Å². The van der Waals surface area contributed by atoms with Crippen LogP contribution in [0, 0.1) is 5.92 Å². The Morgan fingerprint density at radius 1 is 1.35 bits per heavy atom. The average molecular weight is 241 g/mol. The van der Waals surface area contributed by atoms with Crippen LogP contribution in [0.4, 0.5) is 0 Å². The molecule has 1 aliphatic carbocycles. The third-order valence-electron chi connectivity index (χ3n) is 3.61. The first-order valence-corrected chi connectivity index (χ1v) is 6.76. The van der Waals surface area contributed by atoms with Crippen molar-refractivity contribution in [3.63, 3.8) is 0 Å². The molecule has 0 heterocycles. The van der Waals surface area contributed by atoms with Crippen molar-refractivity contribution in [3.05, 3.63) is 0 Å². The van der Waals surface area contributed by atoms with Crippen LogP contribution in [-0.4, -0.2) is 50.6 Å². The minimum Gasteiger partial charge on any atom is -0.352 e. The van der Waals surface area contributed by atoms with Crippen molar-refractivity contribution in [2.45, 2.75) is 38.6 Å². The lowest BCUT2D eigenvalue weighted by Gasteiger charge is -2.30. The van der Waals surface area contributed by atoms with Gasteiger partial charge in [0.15, 0.2) is 0 Å². The molecule has 17 heavy (non-hydrogen) atoms. The van der Waals surface area contributed by atoms with Crippen LogP contribution in [0.5, 0.6) is 0 Å². The van der Waals surface area contributed by atoms with E-state index in [0.717, 1.165) is 19.5 Å². The maximum absolute atomic E-state index is 11.9. The molecule has 0 aromatic rings. The van der Waals surface area contributed by atoms with E-state index in [1.807, 2.05) is 14.1 Å². The van der Waals surface area contributed by atoms with E-state index in [2.05, 4.69) is 22.5 Å². The minimum absolute atomic E-state index is 0.169. The van der Waals surface area contributed by atoms with Crippen LogP contribution in [0.1, 0.15) is 32.6 Å². The van der Waals surface area contributed by atoms with Gasteiger partial charge in [-0.25, -0.2) is 0 Å². The Labute approximate surface area is 105 Å². The minimum atomic E-state index is 0.169. The number of carbonyl (C=O) groups excluding carboxylic acids is 1. The standard InChI is InChI=1S/C13H27N3O/c1-11-6-4-5-7-12(11)15-13(17)10-16(3)9-8-14-2/h11-12,14H,4-10H2,1-3H3,(H,15,17). The largest absolute Gasteiger partial charge is 0.352 e. The number of likely N-dealkylation sites (N-methyl/N-ethyl adjacent to an activating group) is 2. The summed E-state index contributed by atoms with van der Waals surface area (Å²) in [5, 5.41) is 6.26. The number of hydrogen-bond acceptors (Lipinski definition) is 3. The molecule has 0 bridgehead atoms. The summed E-state index contributed by atoms with van der Waals surface area (Å²) in [5.41, 5.74) is 0. The zero-order valence-corrected chi connectivity index (χ0v) is 11.5. The molecule has 0 aromatic heterocycles. The van der Waals surface area contributed by atoms with Crippen molar-refractivity contribution in [2.75, 3.05) is 33.7 Å². The molecule has 2 N–H and O–H groups in total. The summed E-state index contributed by atoms with van der Waals surface area (Å²) in [7, 11) is 3.92. The molecule has 0 saturated heterocycles. The Hall–Kier alpha value is -0.610. The van der Waals surface area contributed by atoms with Crippen LogP contribution in [-0.2, 0) is 4.79 Å². The first-order chi connectivity index (χ1) is 8.13. The number of nitrogens with one attached hydrogen (secondary N) is 2. The lowest BCUT2D eigenvalue weighted by Crippen LogP contribution is -2.45. The van der Waals surface area contributed by atoms with Crippen molar-refractivity contribution in [1.29, 1.82) is 0 Å². The summed E-state index contributed by atoms with van der Waals surface area (Å²) in [6.45, 7) is 4.58. The second-order valence-electron chi connectivity index (χ2n) is 5.28. The third kappa shape index (κ3) is 5.50. The number of amides is 1. The molecule has 100 valence electrons. The van der Waals surface area contributed by atoms with Crippen molar-refractivity contribution >= 4 is 5.91 Å². The Bertz CT molecular complexity index is 233. The first-order valence-electron chi connectivity index (χ1n) is 6.76. The highest BCUT2D eigenvalue weighted by atomic mass is 16.2. The van der Waals surface area contributed by atoms with Gasteiger partial charge in [0.05, 0.1) is 6.54 Å². The summed E-state index contributed by atoms with van der Waals surface area (Å²) in [4.78, 5) is 13.9. The van der Waals surface area contributed by atoms with E-state index >= 15 is 0 Å². The van der Waals surface area contributed by atoms with Crippen LogP contribution < -0.4 is 10.6 Å². The molecular formula is C13H27N3O. The van der Waals surface area contributed by atoms with E-state index in [4.69, 9.17) is 0 Å². The Kier molecular flexibility index (Phi) is 6.52. The van der Waals surface area contributed by atoms with Crippen molar-refractivity contribution in [2.24, 2.45) is 5.92 Å². The van der Waals surface area contributed by atoms with E-state index in [1.165, 1.54) is 19.3 Å². The van der Waals surface area contributed by atoms with Gasteiger partial charge in [0, 0.05) is 19.1 Å². The maximum Gasteiger partial charge on any atom is 0.234 e. The summed E-state index contributed by atoms with van der Waals surface area (Å²) < 4.78 is 0. The zero-order valence-electron chi connectivity index (χ0n) is 11.5. The average Bonchev–Trinajstić information content (AvgIpc) is 2.29. The summed E-state index contributed by atoms with van der Waals surface area (Å²) in [6, 6.07) is 0.397. The van der Waals surface area contributed by atoms with E-state index in [-0.39, 0.29) is 5.91 Å². The monoisotopic (exact) mass is 241 g/mol. The predicted octanol–water partition coefficient (Wildman–Crippen LogP) is 0.833. The van der Waals surface area contributed by atoms with Gasteiger partial charge in [0.2, 0.25) is 5.91 Å². The molecule has 2 atom stereocenters. The highest BCUT2D eigenvalue weighted by Crippen LogP contribution is 2.23. The molecular weight excluding hydrogens is 214 g/mol. The number of nitrogens with zero attached hydrogens (tertiary/aromatic N) is 1. The predicted molar refractivity (Wildman–Crippen MR) is 71.0 cm³/mol. The van der Waals surface area contributed by atoms with Crippen molar-refractivity contribution in [3.8, 4) is 0 Å². The van der Waals surface area contributed by atoms with Crippen LogP contribution >= 0.6 is 0 Å². The smallest absolute Gasteiger partial charge is 0.234 e. The number of hydrogen-bond donors (Lipinski definition) is 2. The van der Waals surface area contributed by atoms with Gasteiger partial charge >= 0.3 is 0 Å². The summed E-state index contributed by atoms with van der Waals surface area (Å²) in [6.07, 6.45) is 4.97. The third-order valence-corrected chi connectivity index (χ3v) is 3.61. The summed E-state index contributed by atoms with van der Waals surface area (Å²) in [5.74, 6) is 0.803. The van der Waals surface area contributed by atoms with E-state index in [0.29, 0.717) is 18.5 Å². The van der Waals surface area contributed by atoms with Gasteiger partial charge in [-0.1, -0.05) is 19.8 Å². The van der Waals surface area contributed by atoms with Gasteiger partial charge in [-0.2, -0.15) is 0 Å². The molecule has 1 fully saturated rings. The molecule has 4 nitrogen and oxygen atoms in total. The quantitative estimate of drug-likeness (QED) is 0.724.